The average Bonchev–Trinajstić information content (AvgIpc) is 2.62. The maximum Gasteiger partial charge on any atom is 0.0951 e. The van der Waals surface area contributed by atoms with Crippen LogP contribution in [-0.4, -0.2) is 20.8 Å². The van der Waals surface area contributed by atoms with Gasteiger partial charge >= 0.3 is 0 Å². The Balaban J connectivity index is 1.94. The second-order valence-corrected chi connectivity index (χ2v) is 4.53. The van der Waals surface area contributed by atoms with Gasteiger partial charge in [-0.2, -0.15) is 0 Å². The number of imidazole rings is 1. The molecule has 1 aromatic heterocycles. The monoisotopic (exact) mass is 208 g/mol. The quantitative estimate of drug-likeness (QED) is 0.821. The summed E-state index contributed by atoms with van der Waals surface area (Å²) in [6.07, 6.45) is 8.64. The number of nitrogens with zero attached hydrogens (tertiary/aromatic N) is 2. The highest BCUT2D eigenvalue weighted by atomic mass is 16.3. The van der Waals surface area contributed by atoms with E-state index in [1.807, 2.05) is 13.3 Å². The summed E-state index contributed by atoms with van der Waals surface area (Å²) in [6.45, 7) is 2.86. The third-order valence-corrected chi connectivity index (χ3v) is 3.13. The van der Waals surface area contributed by atoms with E-state index in [1.165, 1.54) is 30.7 Å². The van der Waals surface area contributed by atoms with Crippen LogP contribution in [0.2, 0.25) is 0 Å². The number of hydrogen-bond acceptors (Lipinski definition) is 2. The molecule has 3 nitrogen and oxygen atoms in total. The molecule has 1 unspecified atom stereocenters. The SMILES string of the molecule is CC(O)CCCn1cnc2c1CCCC2. The van der Waals surface area contributed by atoms with Crippen LogP contribution >= 0.6 is 0 Å². The van der Waals surface area contributed by atoms with E-state index in [0.29, 0.717) is 0 Å². The molecule has 0 saturated carbocycles. The van der Waals surface area contributed by atoms with Crippen LogP contribution in [0.1, 0.15) is 44.0 Å². The first-order valence-corrected chi connectivity index (χ1v) is 5.98. The maximum atomic E-state index is 9.19. The lowest BCUT2D eigenvalue weighted by molar-refractivity contribution is 0.179. The molecule has 0 fully saturated rings. The van der Waals surface area contributed by atoms with Crippen molar-refractivity contribution in [3.05, 3.63) is 17.7 Å². The van der Waals surface area contributed by atoms with Crippen molar-refractivity contribution >= 4 is 0 Å². The van der Waals surface area contributed by atoms with Crippen LogP contribution < -0.4 is 0 Å². The summed E-state index contributed by atoms with van der Waals surface area (Å²) in [4.78, 5) is 4.45. The molecular formula is C12H20N2O. The topological polar surface area (TPSA) is 38.0 Å². The highest BCUT2D eigenvalue weighted by molar-refractivity contribution is 5.16. The van der Waals surface area contributed by atoms with Gasteiger partial charge in [-0.05, 0) is 45.4 Å². The van der Waals surface area contributed by atoms with Gasteiger partial charge < -0.3 is 9.67 Å². The van der Waals surface area contributed by atoms with Crippen LogP contribution in [0.3, 0.4) is 0 Å². The Bertz CT molecular complexity index is 317. The lowest BCUT2D eigenvalue weighted by atomic mass is 10.0. The average molecular weight is 208 g/mol. The Morgan fingerprint density at radius 1 is 1.47 bits per heavy atom. The van der Waals surface area contributed by atoms with E-state index in [2.05, 4.69) is 9.55 Å². The fourth-order valence-corrected chi connectivity index (χ4v) is 2.28. The third-order valence-electron chi connectivity index (χ3n) is 3.13. The van der Waals surface area contributed by atoms with Crippen molar-refractivity contribution in [1.29, 1.82) is 0 Å². The molecule has 0 saturated heterocycles. The highest BCUT2D eigenvalue weighted by Crippen LogP contribution is 2.20. The number of hydrogen-bond donors (Lipinski definition) is 1. The van der Waals surface area contributed by atoms with E-state index in [1.54, 1.807) is 0 Å². The molecule has 84 valence electrons. The molecule has 1 N–H and O–H groups in total. The summed E-state index contributed by atoms with van der Waals surface area (Å²) in [6, 6.07) is 0. The number of aryl methyl sites for hydroxylation is 2. The zero-order chi connectivity index (χ0) is 10.7. The van der Waals surface area contributed by atoms with E-state index >= 15 is 0 Å². The summed E-state index contributed by atoms with van der Waals surface area (Å²) in [5, 5.41) is 9.19. The van der Waals surface area contributed by atoms with Crippen LogP contribution in [0.5, 0.6) is 0 Å². The van der Waals surface area contributed by atoms with Gasteiger partial charge in [-0.25, -0.2) is 4.98 Å². The summed E-state index contributed by atoms with van der Waals surface area (Å²) in [5.74, 6) is 0. The number of fused-ring (bicyclic) bond motifs is 1. The molecule has 1 aliphatic rings. The molecule has 0 amide bonds. The molecule has 0 spiro atoms. The van der Waals surface area contributed by atoms with E-state index in [9.17, 15) is 5.11 Å². The molecule has 15 heavy (non-hydrogen) atoms. The van der Waals surface area contributed by atoms with Crippen molar-refractivity contribution in [2.45, 2.75) is 58.1 Å². The third kappa shape index (κ3) is 2.59. The Morgan fingerprint density at radius 3 is 3.07 bits per heavy atom. The van der Waals surface area contributed by atoms with E-state index in [0.717, 1.165) is 25.8 Å². The van der Waals surface area contributed by atoms with E-state index < -0.39 is 0 Å². The fraction of sp³-hybridized carbons (Fsp3) is 0.750. The van der Waals surface area contributed by atoms with Crippen molar-refractivity contribution in [3.8, 4) is 0 Å². The molecule has 1 atom stereocenters. The maximum absolute atomic E-state index is 9.19. The lowest BCUT2D eigenvalue weighted by Gasteiger charge is -2.14. The standard InChI is InChI=1S/C12H20N2O/c1-10(15)5-4-8-14-9-13-11-6-2-3-7-12(11)14/h9-10,15H,2-8H2,1H3. The second kappa shape index (κ2) is 4.79. The number of aromatic nitrogens is 2. The van der Waals surface area contributed by atoms with Crippen LogP contribution in [0.15, 0.2) is 6.33 Å². The number of aliphatic hydroxyl groups excluding tert-OH is 1. The smallest absolute Gasteiger partial charge is 0.0951 e. The van der Waals surface area contributed by atoms with Crippen LogP contribution in [0.4, 0.5) is 0 Å². The minimum atomic E-state index is -0.177. The van der Waals surface area contributed by atoms with Crippen molar-refractivity contribution < 1.29 is 5.11 Å². The summed E-state index contributed by atoms with van der Waals surface area (Å²) in [7, 11) is 0. The Kier molecular flexibility index (Phi) is 3.41. The first-order valence-electron chi connectivity index (χ1n) is 5.98. The van der Waals surface area contributed by atoms with Crippen molar-refractivity contribution in [3.63, 3.8) is 0 Å². The van der Waals surface area contributed by atoms with E-state index in [-0.39, 0.29) is 6.10 Å². The van der Waals surface area contributed by atoms with Gasteiger partial charge in [0.15, 0.2) is 0 Å². The van der Waals surface area contributed by atoms with Gasteiger partial charge in [0.25, 0.3) is 0 Å². The zero-order valence-corrected chi connectivity index (χ0v) is 9.45. The van der Waals surface area contributed by atoms with Gasteiger partial charge in [0.2, 0.25) is 0 Å². The zero-order valence-electron chi connectivity index (χ0n) is 9.45. The van der Waals surface area contributed by atoms with E-state index in [4.69, 9.17) is 0 Å². The Hall–Kier alpha value is -0.830. The van der Waals surface area contributed by atoms with Gasteiger partial charge in [0.05, 0.1) is 18.1 Å². The Morgan fingerprint density at radius 2 is 2.27 bits per heavy atom. The van der Waals surface area contributed by atoms with Gasteiger partial charge in [0, 0.05) is 12.2 Å². The van der Waals surface area contributed by atoms with Crippen molar-refractivity contribution in [1.82, 2.24) is 9.55 Å². The second-order valence-electron chi connectivity index (χ2n) is 4.53. The molecule has 0 radical (unpaired) electrons. The van der Waals surface area contributed by atoms with Gasteiger partial charge in [-0.1, -0.05) is 0 Å². The fourth-order valence-electron chi connectivity index (χ4n) is 2.28. The van der Waals surface area contributed by atoms with Crippen LogP contribution in [-0.2, 0) is 19.4 Å². The molecule has 2 rings (SSSR count). The lowest BCUT2D eigenvalue weighted by Crippen LogP contribution is -2.09. The minimum Gasteiger partial charge on any atom is -0.393 e. The molecule has 0 aliphatic heterocycles. The summed E-state index contributed by atoms with van der Waals surface area (Å²) in [5.41, 5.74) is 2.74. The summed E-state index contributed by atoms with van der Waals surface area (Å²) < 4.78 is 2.27. The summed E-state index contributed by atoms with van der Waals surface area (Å²) >= 11 is 0. The van der Waals surface area contributed by atoms with Crippen LogP contribution in [0.25, 0.3) is 0 Å². The van der Waals surface area contributed by atoms with Gasteiger partial charge in [-0.3, -0.25) is 0 Å². The normalized spacial score (nSPS) is 17.5. The highest BCUT2D eigenvalue weighted by Gasteiger charge is 2.14. The van der Waals surface area contributed by atoms with Gasteiger partial charge in [0.1, 0.15) is 0 Å². The predicted octanol–water partition coefficient (Wildman–Crippen LogP) is 1.92. The molecule has 1 aliphatic carbocycles. The molecule has 1 heterocycles. The van der Waals surface area contributed by atoms with Crippen LogP contribution in [0, 0.1) is 0 Å². The Labute approximate surface area is 91.1 Å². The molecule has 0 aromatic carbocycles. The molecule has 1 aromatic rings. The molecular weight excluding hydrogens is 188 g/mol. The molecule has 3 heteroatoms. The van der Waals surface area contributed by atoms with Gasteiger partial charge in [-0.15, -0.1) is 0 Å². The molecule has 0 bridgehead atoms. The predicted molar refractivity (Wildman–Crippen MR) is 59.8 cm³/mol. The van der Waals surface area contributed by atoms with Crippen molar-refractivity contribution in [2.24, 2.45) is 0 Å². The first-order chi connectivity index (χ1) is 7.27. The largest absolute Gasteiger partial charge is 0.393 e. The number of aliphatic hydroxyl groups is 1. The first kappa shape index (κ1) is 10.7. The van der Waals surface area contributed by atoms with Crippen molar-refractivity contribution in [2.75, 3.05) is 0 Å². The number of rotatable bonds is 4. The minimum absolute atomic E-state index is 0.177.